The van der Waals surface area contributed by atoms with Gasteiger partial charge in [-0.3, -0.25) is 4.40 Å². The van der Waals surface area contributed by atoms with Crippen LogP contribution < -0.4 is 4.74 Å². The number of carbonyl (C=O) groups excluding carboxylic acids is 1. The molecule has 0 saturated heterocycles. The number of rotatable bonds is 3. The van der Waals surface area contributed by atoms with E-state index in [1.54, 1.807) is 23.5 Å². The van der Waals surface area contributed by atoms with Crippen LogP contribution >= 0.6 is 28.3 Å². The number of nitrogens with zero attached hydrogens (tertiary/aromatic N) is 2. The zero-order valence-electron chi connectivity index (χ0n) is 15.1. The highest BCUT2D eigenvalue weighted by Crippen LogP contribution is 2.32. The van der Waals surface area contributed by atoms with Crippen molar-refractivity contribution >= 4 is 39.2 Å². The van der Waals surface area contributed by atoms with Crippen LogP contribution in [0, 0.1) is 0 Å². The maximum absolute atomic E-state index is 12.2. The monoisotopic (exact) mass is 454 g/mol. The van der Waals surface area contributed by atoms with Crippen LogP contribution in [0.5, 0.6) is 5.75 Å². The number of hydrogen-bond donors (Lipinski definition) is 0. The van der Waals surface area contributed by atoms with Crippen molar-refractivity contribution in [1.29, 1.82) is 0 Å². The minimum absolute atomic E-state index is 0. The average Bonchev–Trinajstić information content (AvgIpc) is 3.27. The van der Waals surface area contributed by atoms with E-state index in [9.17, 15) is 4.79 Å². The van der Waals surface area contributed by atoms with Crippen molar-refractivity contribution in [3.63, 3.8) is 0 Å². The van der Waals surface area contributed by atoms with Gasteiger partial charge in [-0.05, 0) is 62.1 Å². The lowest BCUT2D eigenvalue weighted by Gasteiger charge is -2.09. The summed E-state index contributed by atoms with van der Waals surface area (Å²) in [4.78, 5) is 19.5. The summed E-state index contributed by atoms with van der Waals surface area (Å²) in [5, 5.41) is 0. The number of aryl methyl sites for hydroxylation is 2. The summed E-state index contributed by atoms with van der Waals surface area (Å²) in [5.74, 6) is 0.184. The molecule has 142 valence electrons. The number of esters is 1. The van der Waals surface area contributed by atoms with Crippen LogP contribution in [0.1, 0.15) is 33.8 Å². The Labute approximate surface area is 177 Å². The van der Waals surface area contributed by atoms with E-state index in [0.717, 1.165) is 22.6 Å². The van der Waals surface area contributed by atoms with Crippen LogP contribution in [-0.2, 0) is 12.8 Å². The van der Waals surface area contributed by atoms with E-state index in [1.807, 2.05) is 42.5 Å². The minimum atomic E-state index is -0.350. The van der Waals surface area contributed by atoms with Gasteiger partial charge in [0, 0.05) is 22.3 Å². The predicted molar refractivity (Wildman–Crippen MR) is 117 cm³/mol. The number of ether oxygens (including phenoxy) is 1. The summed E-state index contributed by atoms with van der Waals surface area (Å²) < 4.78 is 7.69. The van der Waals surface area contributed by atoms with Crippen molar-refractivity contribution in [2.45, 2.75) is 25.7 Å². The molecule has 0 atom stereocenters. The van der Waals surface area contributed by atoms with E-state index in [-0.39, 0.29) is 23.0 Å². The number of hydrogen-bond acceptors (Lipinski definition) is 4. The van der Waals surface area contributed by atoms with Gasteiger partial charge in [0.1, 0.15) is 5.75 Å². The summed E-state index contributed by atoms with van der Waals surface area (Å²) in [6, 6.07) is 16.5. The van der Waals surface area contributed by atoms with Gasteiger partial charge in [0.25, 0.3) is 0 Å². The molecule has 1 aliphatic carbocycles. The molecule has 0 fully saturated rings. The molecular weight excluding hydrogens is 436 g/mol. The maximum Gasteiger partial charge on any atom is 0.343 e. The van der Waals surface area contributed by atoms with E-state index in [4.69, 9.17) is 9.72 Å². The molecule has 1 aliphatic rings. The SMILES string of the molecule is Br.O=C(Oc1ccc(-c2cn3c4c(sc3n2)CCCC4)cc1)c1ccccc1. The quantitative estimate of drug-likeness (QED) is 0.292. The Bertz CT molecular complexity index is 1120. The summed E-state index contributed by atoms with van der Waals surface area (Å²) in [6.07, 6.45) is 6.99. The summed E-state index contributed by atoms with van der Waals surface area (Å²) >= 11 is 1.81. The molecule has 4 nitrogen and oxygen atoms in total. The molecule has 0 spiro atoms. The zero-order chi connectivity index (χ0) is 18.2. The molecule has 0 aliphatic heterocycles. The molecule has 2 heterocycles. The molecular formula is C22H19BrN2O2S. The number of imidazole rings is 1. The Balaban J connectivity index is 0.00000192. The smallest absolute Gasteiger partial charge is 0.343 e. The third-order valence-corrected chi connectivity index (χ3v) is 6.09. The first-order valence-corrected chi connectivity index (χ1v) is 9.97. The molecule has 5 rings (SSSR count). The van der Waals surface area contributed by atoms with Crippen LogP contribution in [-0.4, -0.2) is 15.4 Å². The highest BCUT2D eigenvalue weighted by Gasteiger charge is 2.18. The van der Waals surface area contributed by atoms with Crippen LogP contribution in [0.2, 0.25) is 0 Å². The molecule has 4 aromatic rings. The number of halogens is 1. The van der Waals surface area contributed by atoms with E-state index >= 15 is 0 Å². The van der Waals surface area contributed by atoms with Crippen molar-refractivity contribution in [3.05, 3.63) is 76.9 Å². The maximum atomic E-state index is 12.2. The fourth-order valence-electron chi connectivity index (χ4n) is 3.54. The van der Waals surface area contributed by atoms with Crippen molar-refractivity contribution < 1.29 is 9.53 Å². The highest BCUT2D eigenvalue weighted by molar-refractivity contribution is 8.93. The Morgan fingerprint density at radius 3 is 2.54 bits per heavy atom. The van der Waals surface area contributed by atoms with Crippen LogP contribution in [0.3, 0.4) is 0 Å². The lowest BCUT2D eigenvalue weighted by Crippen LogP contribution is -2.07. The molecule has 0 saturated carbocycles. The van der Waals surface area contributed by atoms with Gasteiger partial charge in [-0.2, -0.15) is 0 Å². The van der Waals surface area contributed by atoms with Crippen molar-refractivity contribution in [2.75, 3.05) is 0 Å². The fraction of sp³-hybridized carbons (Fsp3) is 0.182. The standard InChI is InChI=1S/C22H18N2O2S.BrH/c25-21(16-6-2-1-3-7-16)26-17-12-10-15(11-13-17)18-14-24-19-8-4-5-9-20(19)27-22(24)23-18;/h1-3,6-7,10-14H,4-5,8-9H2;1H. The number of fused-ring (bicyclic) bond motifs is 3. The summed E-state index contributed by atoms with van der Waals surface area (Å²) in [7, 11) is 0. The molecule has 0 unspecified atom stereocenters. The Hall–Kier alpha value is -2.44. The lowest BCUT2D eigenvalue weighted by molar-refractivity contribution is 0.0735. The van der Waals surface area contributed by atoms with Crippen molar-refractivity contribution in [1.82, 2.24) is 9.38 Å². The van der Waals surface area contributed by atoms with Crippen LogP contribution in [0.4, 0.5) is 0 Å². The van der Waals surface area contributed by atoms with E-state index in [2.05, 4.69) is 10.6 Å². The molecule has 2 aromatic heterocycles. The van der Waals surface area contributed by atoms with Gasteiger partial charge in [0.15, 0.2) is 4.96 Å². The summed E-state index contributed by atoms with van der Waals surface area (Å²) in [5.41, 5.74) is 3.94. The largest absolute Gasteiger partial charge is 0.423 e. The number of aromatic nitrogens is 2. The lowest BCUT2D eigenvalue weighted by atomic mass is 10.0. The third kappa shape index (κ3) is 3.50. The van der Waals surface area contributed by atoms with Gasteiger partial charge < -0.3 is 4.74 Å². The van der Waals surface area contributed by atoms with Gasteiger partial charge in [0.05, 0.1) is 11.3 Å². The summed E-state index contributed by atoms with van der Waals surface area (Å²) in [6.45, 7) is 0. The molecule has 0 amide bonds. The second kappa shape index (κ2) is 7.89. The molecule has 6 heteroatoms. The Morgan fingerprint density at radius 1 is 1.00 bits per heavy atom. The Morgan fingerprint density at radius 2 is 1.75 bits per heavy atom. The topological polar surface area (TPSA) is 43.6 Å². The normalized spacial score (nSPS) is 13.0. The fourth-order valence-corrected chi connectivity index (χ4v) is 4.73. The first-order valence-electron chi connectivity index (χ1n) is 9.15. The van der Waals surface area contributed by atoms with Gasteiger partial charge in [-0.15, -0.1) is 28.3 Å². The second-order valence-corrected chi connectivity index (χ2v) is 7.80. The van der Waals surface area contributed by atoms with Gasteiger partial charge >= 0.3 is 5.97 Å². The van der Waals surface area contributed by atoms with E-state index in [1.165, 1.54) is 29.8 Å². The number of benzene rings is 2. The molecule has 28 heavy (non-hydrogen) atoms. The van der Waals surface area contributed by atoms with E-state index in [0.29, 0.717) is 11.3 Å². The van der Waals surface area contributed by atoms with Gasteiger partial charge in [-0.1, -0.05) is 18.2 Å². The average molecular weight is 455 g/mol. The third-order valence-electron chi connectivity index (χ3n) is 4.94. The minimum Gasteiger partial charge on any atom is -0.423 e. The highest BCUT2D eigenvalue weighted by atomic mass is 79.9. The predicted octanol–water partition coefficient (Wildman–Crippen LogP) is 5.74. The zero-order valence-corrected chi connectivity index (χ0v) is 17.7. The van der Waals surface area contributed by atoms with Crippen LogP contribution in [0.15, 0.2) is 60.8 Å². The van der Waals surface area contributed by atoms with Gasteiger partial charge in [-0.25, -0.2) is 9.78 Å². The van der Waals surface area contributed by atoms with E-state index < -0.39 is 0 Å². The van der Waals surface area contributed by atoms with Crippen molar-refractivity contribution in [3.8, 4) is 17.0 Å². The first kappa shape index (κ1) is 18.9. The molecule has 2 aromatic carbocycles. The first-order chi connectivity index (χ1) is 13.3. The number of thiazole rings is 1. The van der Waals surface area contributed by atoms with Gasteiger partial charge in [0.2, 0.25) is 0 Å². The second-order valence-electron chi connectivity index (χ2n) is 6.74. The Kier molecular flexibility index (Phi) is 5.33. The van der Waals surface area contributed by atoms with Crippen molar-refractivity contribution in [2.24, 2.45) is 0 Å². The van der Waals surface area contributed by atoms with Crippen LogP contribution in [0.25, 0.3) is 16.2 Å². The number of carbonyl (C=O) groups is 1. The molecule has 0 bridgehead atoms. The molecule has 0 N–H and O–H groups in total. The molecule has 0 radical (unpaired) electrons.